The molecular formula is C11H18N3O4P. The molecule has 8 heteroatoms. The van der Waals surface area contributed by atoms with Crippen LogP contribution in [0.5, 0.6) is 0 Å². The zero-order valence-electron chi connectivity index (χ0n) is 10.6. The summed E-state index contributed by atoms with van der Waals surface area (Å²) in [5, 5.41) is 12.5. The number of aliphatic hydroxyl groups excluding tert-OH is 1. The van der Waals surface area contributed by atoms with E-state index in [2.05, 4.69) is 15.3 Å². The van der Waals surface area contributed by atoms with Crippen molar-refractivity contribution in [3.63, 3.8) is 0 Å². The predicted octanol–water partition coefficient (Wildman–Crippen LogP) is 0.735. The van der Waals surface area contributed by atoms with Crippen molar-refractivity contribution in [2.75, 3.05) is 11.9 Å². The molecule has 19 heavy (non-hydrogen) atoms. The SMILES string of the molecule is Cc1cc(N[C@@H]2C[C@H](CO)[C@@H](O[PH](=O)O)C2)ncn1. The van der Waals surface area contributed by atoms with Crippen molar-refractivity contribution in [2.24, 2.45) is 5.92 Å². The molecule has 1 aromatic rings. The van der Waals surface area contributed by atoms with E-state index in [9.17, 15) is 9.67 Å². The molecule has 0 radical (unpaired) electrons. The van der Waals surface area contributed by atoms with Crippen molar-refractivity contribution in [3.8, 4) is 0 Å². The highest BCUT2D eigenvalue weighted by atomic mass is 31.1. The summed E-state index contributed by atoms with van der Waals surface area (Å²) in [6.45, 7) is 1.82. The highest BCUT2D eigenvalue weighted by molar-refractivity contribution is 7.32. The van der Waals surface area contributed by atoms with Crippen LogP contribution in [0.3, 0.4) is 0 Å². The van der Waals surface area contributed by atoms with E-state index in [-0.39, 0.29) is 24.7 Å². The summed E-state index contributed by atoms with van der Waals surface area (Å²) < 4.78 is 15.7. The summed E-state index contributed by atoms with van der Waals surface area (Å²) in [6.07, 6.45) is 2.35. The average molecular weight is 287 g/mol. The highest BCUT2D eigenvalue weighted by Gasteiger charge is 2.35. The third kappa shape index (κ3) is 3.98. The van der Waals surface area contributed by atoms with Gasteiger partial charge in [-0.15, -0.1) is 0 Å². The smallest absolute Gasteiger partial charge is 0.316 e. The standard InChI is InChI=1S/C11H18N3O4P/c1-7-2-11(13-6-12-7)14-9-3-8(5-15)10(4-9)18-19(16)17/h2,6,8-10,15,19H,3-5H2,1H3,(H,16,17)(H,12,13,14)/t8-,9-,10+/m1/s1. The van der Waals surface area contributed by atoms with Gasteiger partial charge in [-0.3, -0.25) is 4.57 Å². The molecule has 1 aliphatic rings. The molecule has 1 heterocycles. The van der Waals surface area contributed by atoms with Crippen molar-refractivity contribution in [3.05, 3.63) is 18.1 Å². The van der Waals surface area contributed by atoms with Crippen LogP contribution in [0.4, 0.5) is 5.82 Å². The molecule has 2 rings (SSSR count). The normalized spacial score (nSPS) is 28.3. The Bertz CT molecular complexity index is 459. The second-order valence-electron chi connectivity index (χ2n) is 4.72. The molecule has 0 bridgehead atoms. The first kappa shape index (κ1) is 14.4. The average Bonchev–Trinajstić information content (AvgIpc) is 2.70. The highest BCUT2D eigenvalue weighted by Crippen LogP contribution is 2.35. The van der Waals surface area contributed by atoms with Crippen LogP contribution in [0.25, 0.3) is 0 Å². The van der Waals surface area contributed by atoms with E-state index >= 15 is 0 Å². The van der Waals surface area contributed by atoms with Gasteiger partial charge in [-0.2, -0.15) is 0 Å². The molecule has 0 saturated heterocycles. The maximum absolute atomic E-state index is 10.8. The van der Waals surface area contributed by atoms with Crippen molar-refractivity contribution < 1.29 is 19.1 Å². The Morgan fingerprint density at radius 2 is 2.32 bits per heavy atom. The molecule has 0 aromatic carbocycles. The minimum Gasteiger partial charge on any atom is -0.396 e. The second kappa shape index (κ2) is 6.43. The lowest BCUT2D eigenvalue weighted by Gasteiger charge is -2.15. The van der Waals surface area contributed by atoms with Crippen LogP contribution in [0.1, 0.15) is 18.5 Å². The van der Waals surface area contributed by atoms with Gasteiger partial charge in [0.2, 0.25) is 0 Å². The van der Waals surface area contributed by atoms with E-state index < -0.39 is 8.25 Å². The van der Waals surface area contributed by atoms with Gasteiger partial charge >= 0.3 is 8.25 Å². The van der Waals surface area contributed by atoms with E-state index in [0.29, 0.717) is 18.7 Å². The Morgan fingerprint density at radius 3 is 2.95 bits per heavy atom. The Hall–Kier alpha value is -1.01. The van der Waals surface area contributed by atoms with Gasteiger partial charge in [0.15, 0.2) is 0 Å². The summed E-state index contributed by atoms with van der Waals surface area (Å²) in [4.78, 5) is 17.0. The van der Waals surface area contributed by atoms with Gasteiger partial charge in [-0.25, -0.2) is 9.97 Å². The molecule has 4 atom stereocenters. The molecule has 0 spiro atoms. The fraction of sp³-hybridized carbons (Fsp3) is 0.636. The maximum atomic E-state index is 10.8. The minimum atomic E-state index is -2.98. The van der Waals surface area contributed by atoms with E-state index in [0.717, 1.165) is 5.69 Å². The number of hydrogen-bond acceptors (Lipinski definition) is 6. The lowest BCUT2D eigenvalue weighted by atomic mass is 10.1. The minimum absolute atomic E-state index is 0.0548. The van der Waals surface area contributed by atoms with E-state index in [1.165, 1.54) is 6.33 Å². The van der Waals surface area contributed by atoms with Gasteiger partial charge in [0.25, 0.3) is 0 Å². The van der Waals surface area contributed by atoms with Crippen LogP contribution < -0.4 is 5.32 Å². The quantitative estimate of drug-likeness (QED) is 0.686. The Balaban J connectivity index is 1.97. The maximum Gasteiger partial charge on any atom is 0.316 e. The largest absolute Gasteiger partial charge is 0.396 e. The predicted molar refractivity (Wildman–Crippen MR) is 70.1 cm³/mol. The Morgan fingerprint density at radius 1 is 1.53 bits per heavy atom. The lowest BCUT2D eigenvalue weighted by molar-refractivity contribution is 0.106. The molecule has 106 valence electrons. The van der Waals surface area contributed by atoms with Gasteiger partial charge in [0.05, 0.1) is 6.10 Å². The van der Waals surface area contributed by atoms with Crippen LogP contribution in [0.15, 0.2) is 12.4 Å². The van der Waals surface area contributed by atoms with E-state index in [4.69, 9.17) is 9.42 Å². The number of nitrogens with zero attached hydrogens (tertiary/aromatic N) is 2. The molecule has 1 fully saturated rings. The fourth-order valence-electron chi connectivity index (χ4n) is 2.41. The number of rotatable bonds is 5. The molecule has 0 amide bonds. The Labute approximate surface area is 112 Å². The zero-order chi connectivity index (χ0) is 13.8. The number of nitrogens with one attached hydrogen (secondary N) is 1. The van der Waals surface area contributed by atoms with Crippen LogP contribution in [0.2, 0.25) is 0 Å². The molecule has 7 nitrogen and oxygen atoms in total. The molecular weight excluding hydrogens is 269 g/mol. The van der Waals surface area contributed by atoms with Crippen LogP contribution in [-0.4, -0.2) is 38.7 Å². The van der Waals surface area contributed by atoms with Crippen molar-refractivity contribution in [1.82, 2.24) is 9.97 Å². The summed E-state index contributed by atoms with van der Waals surface area (Å²) in [7, 11) is -2.98. The van der Waals surface area contributed by atoms with Crippen LogP contribution in [0, 0.1) is 12.8 Å². The van der Waals surface area contributed by atoms with Gasteiger partial charge in [0.1, 0.15) is 12.1 Å². The van der Waals surface area contributed by atoms with Gasteiger partial charge in [-0.05, 0) is 19.8 Å². The van der Waals surface area contributed by atoms with Crippen molar-refractivity contribution >= 4 is 14.1 Å². The van der Waals surface area contributed by atoms with E-state index in [1.807, 2.05) is 13.0 Å². The fourth-order valence-corrected chi connectivity index (χ4v) is 2.96. The van der Waals surface area contributed by atoms with Gasteiger partial charge in [0, 0.05) is 30.3 Å². The molecule has 1 aliphatic carbocycles. The third-order valence-electron chi connectivity index (χ3n) is 3.27. The topological polar surface area (TPSA) is 105 Å². The van der Waals surface area contributed by atoms with Crippen LogP contribution >= 0.6 is 8.25 Å². The van der Waals surface area contributed by atoms with E-state index in [1.54, 1.807) is 0 Å². The first-order valence-electron chi connectivity index (χ1n) is 6.14. The van der Waals surface area contributed by atoms with Crippen molar-refractivity contribution in [1.29, 1.82) is 0 Å². The summed E-state index contributed by atoms with van der Waals surface area (Å²) in [6, 6.07) is 1.90. The summed E-state index contributed by atoms with van der Waals surface area (Å²) in [5.74, 6) is 0.591. The molecule has 1 aromatic heterocycles. The Kier molecular flexibility index (Phi) is 4.87. The number of aryl methyl sites for hydroxylation is 1. The van der Waals surface area contributed by atoms with Crippen LogP contribution in [-0.2, 0) is 9.09 Å². The van der Waals surface area contributed by atoms with Gasteiger partial charge in [-0.1, -0.05) is 0 Å². The molecule has 3 N–H and O–H groups in total. The molecule has 0 aliphatic heterocycles. The number of aliphatic hydroxyl groups is 1. The first-order valence-corrected chi connectivity index (χ1v) is 7.40. The summed E-state index contributed by atoms with van der Waals surface area (Å²) >= 11 is 0. The van der Waals surface area contributed by atoms with Gasteiger partial charge < -0.3 is 19.8 Å². The molecule has 1 unspecified atom stereocenters. The lowest BCUT2D eigenvalue weighted by Crippen LogP contribution is -2.18. The molecule has 1 saturated carbocycles. The van der Waals surface area contributed by atoms with Crippen molar-refractivity contribution in [2.45, 2.75) is 31.9 Å². The monoisotopic (exact) mass is 287 g/mol. The number of hydrogen-bond donors (Lipinski definition) is 3. The third-order valence-corrected chi connectivity index (χ3v) is 3.78. The number of aromatic nitrogens is 2. The first-order chi connectivity index (χ1) is 9.08. The second-order valence-corrected chi connectivity index (χ2v) is 5.49. The summed E-state index contributed by atoms with van der Waals surface area (Å²) in [5.41, 5.74) is 0.863. The zero-order valence-corrected chi connectivity index (χ0v) is 11.6. The number of anilines is 1.